The first-order valence-corrected chi connectivity index (χ1v) is 3.66. The van der Waals surface area contributed by atoms with Gasteiger partial charge in [0.15, 0.2) is 5.65 Å². The van der Waals surface area contributed by atoms with Crippen LogP contribution in [0.3, 0.4) is 0 Å². The quantitative estimate of drug-likeness (QED) is 0.657. The van der Waals surface area contributed by atoms with Crippen LogP contribution in [0.2, 0.25) is 0 Å². The summed E-state index contributed by atoms with van der Waals surface area (Å²) in [7, 11) is 0. The second-order valence-electron chi connectivity index (χ2n) is 2.57. The van der Waals surface area contributed by atoms with Crippen LogP contribution in [0.4, 0.5) is 0 Å². The third-order valence-electron chi connectivity index (χ3n) is 1.61. The Hall–Kier alpha value is -1.98. The van der Waals surface area contributed by atoms with Crippen molar-refractivity contribution in [1.82, 2.24) is 19.5 Å². The van der Waals surface area contributed by atoms with Crippen molar-refractivity contribution in [2.45, 2.75) is 6.54 Å². The van der Waals surface area contributed by atoms with Crippen molar-refractivity contribution in [2.24, 2.45) is 5.73 Å². The van der Waals surface area contributed by atoms with Crippen LogP contribution < -0.4 is 5.73 Å². The van der Waals surface area contributed by atoms with Gasteiger partial charge in [0.2, 0.25) is 5.91 Å². The number of hydrogen-bond acceptors (Lipinski definition) is 4. The van der Waals surface area contributed by atoms with E-state index >= 15 is 0 Å². The van der Waals surface area contributed by atoms with Crippen LogP contribution in [0.5, 0.6) is 0 Å². The molecule has 6 heteroatoms. The van der Waals surface area contributed by atoms with Crippen LogP contribution in [-0.2, 0) is 11.3 Å². The summed E-state index contributed by atoms with van der Waals surface area (Å²) in [5.74, 6) is -0.419. The summed E-state index contributed by atoms with van der Waals surface area (Å²) in [5.41, 5.74) is 6.32. The number of carbonyl (C=O) groups excluding carboxylic acids is 1. The minimum absolute atomic E-state index is 0.0908. The van der Waals surface area contributed by atoms with Gasteiger partial charge >= 0.3 is 0 Å². The van der Waals surface area contributed by atoms with Crippen molar-refractivity contribution >= 4 is 17.1 Å². The lowest BCUT2D eigenvalue weighted by Gasteiger charge is -1.97. The molecule has 13 heavy (non-hydrogen) atoms. The van der Waals surface area contributed by atoms with Crippen molar-refractivity contribution in [1.29, 1.82) is 0 Å². The van der Waals surface area contributed by atoms with Crippen LogP contribution in [0.25, 0.3) is 11.2 Å². The van der Waals surface area contributed by atoms with Gasteiger partial charge in [0.05, 0.1) is 12.5 Å². The fraction of sp³-hybridized carbons (Fsp3) is 0.143. The maximum Gasteiger partial charge on any atom is 0.237 e. The summed E-state index contributed by atoms with van der Waals surface area (Å²) in [6, 6.07) is 0. The Labute approximate surface area is 73.4 Å². The molecule has 66 valence electrons. The van der Waals surface area contributed by atoms with Crippen LogP contribution >= 0.6 is 0 Å². The summed E-state index contributed by atoms with van der Waals surface area (Å²) in [4.78, 5) is 22.4. The molecule has 6 nitrogen and oxygen atoms in total. The van der Waals surface area contributed by atoms with Gasteiger partial charge in [0.25, 0.3) is 0 Å². The van der Waals surface area contributed by atoms with E-state index in [9.17, 15) is 4.79 Å². The Kier molecular flexibility index (Phi) is 1.66. The molecule has 2 heterocycles. The summed E-state index contributed by atoms with van der Waals surface area (Å²) >= 11 is 0. The van der Waals surface area contributed by atoms with Gasteiger partial charge in [-0.25, -0.2) is 15.0 Å². The zero-order valence-corrected chi connectivity index (χ0v) is 6.71. The molecule has 0 aromatic carbocycles. The van der Waals surface area contributed by atoms with Gasteiger partial charge in [0, 0.05) is 0 Å². The van der Waals surface area contributed by atoms with Crippen LogP contribution in [-0.4, -0.2) is 25.4 Å². The molecule has 0 unspecified atom stereocenters. The monoisotopic (exact) mass is 177 g/mol. The topological polar surface area (TPSA) is 86.7 Å². The number of imidazole rings is 1. The molecule has 2 rings (SSSR count). The third-order valence-corrected chi connectivity index (χ3v) is 1.61. The maximum atomic E-state index is 10.6. The van der Waals surface area contributed by atoms with Gasteiger partial charge in [-0.2, -0.15) is 0 Å². The molecule has 1 amide bonds. The van der Waals surface area contributed by atoms with E-state index in [0.717, 1.165) is 0 Å². The highest BCUT2D eigenvalue weighted by Gasteiger charge is 2.04. The van der Waals surface area contributed by atoms with E-state index in [1.807, 2.05) is 0 Å². The van der Waals surface area contributed by atoms with Crippen LogP contribution in [0, 0.1) is 0 Å². The summed E-state index contributed by atoms with van der Waals surface area (Å²) < 4.78 is 1.58. The number of amides is 1. The Morgan fingerprint density at radius 1 is 1.54 bits per heavy atom. The number of nitrogens with zero attached hydrogens (tertiary/aromatic N) is 4. The largest absolute Gasteiger partial charge is 0.368 e. The minimum Gasteiger partial charge on any atom is -0.368 e. The summed E-state index contributed by atoms with van der Waals surface area (Å²) in [5, 5.41) is 0. The van der Waals surface area contributed by atoms with E-state index < -0.39 is 5.91 Å². The van der Waals surface area contributed by atoms with E-state index in [4.69, 9.17) is 5.73 Å². The molecule has 0 saturated heterocycles. The predicted molar refractivity (Wildman–Crippen MR) is 44.5 cm³/mol. The summed E-state index contributed by atoms with van der Waals surface area (Å²) in [6.45, 7) is 0.0908. The zero-order valence-electron chi connectivity index (χ0n) is 6.71. The van der Waals surface area contributed by atoms with Crippen LogP contribution in [0.15, 0.2) is 18.9 Å². The number of nitrogens with two attached hydrogens (primary N) is 1. The van der Waals surface area contributed by atoms with Crippen molar-refractivity contribution in [3.05, 3.63) is 18.9 Å². The first-order valence-electron chi connectivity index (χ1n) is 3.66. The fourth-order valence-corrected chi connectivity index (χ4v) is 1.10. The molecular weight excluding hydrogens is 170 g/mol. The lowest BCUT2D eigenvalue weighted by molar-refractivity contribution is -0.118. The molecule has 0 aliphatic heterocycles. The number of rotatable bonds is 2. The molecule has 2 aromatic rings. The number of hydrogen-bond donors (Lipinski definition) is 1. The molecular formula is C7H7N5O. The molecule has 0 bridgehead atoms. The SMILES string of the molecule is NC(=O)Cn1cnc2cncnc21. The van der Waals surface area contributed by atoms with E-state index in [1.54, 1.807) is 10.8 Å². The zero-order chi connectivity index (χ0) is 9.26. The Morgan fingerprint density at radius 3 is 3.15 bits per heavy atom. The Bertz CT molecular complexity index is 449. The van der Waals surface area contributed by atoms with Crippen molar-refractivity contribution in [3.8, 4) is 0 Å². The number of carbonyl (C=O) groups is 1. The highest BCUT2D eigenvalue weighted by molar-refractivity contribution is 5.76. The molecule has 0 aliphatic carbocycles. The summed E-state index contributed by atoms with van der Waals surface area (Å²) in [6.07, 6.45) is 4.51. The van der Waals surface area contributed by atoms with Gasteiger partial charge in [-0.15, -0.1) is 0 Å². The molecule has 0 atom stereocenters. The van der Waals surface area contributed by atoms with Crippen molar-refractivity contribution < 1.29 is 4.79 Å². The molecule has 0 saturated carbocycles. The highest BCUT2D eigenvalue weighted by atomic mass is 16.1. The third kappa shape index (κ3) is 1.33. The molecule has 0 spiro atoms. The second kappa shape index (κ2) is 2.81. The van der Waals surface area contributed by atoms with E-state index in [-0.39, 0.29) is 6.54 Å². The molecule has 0 radical (unpaired) electrons. The smallest absolute Gasteiger partial charge is 0.237 e. The average molecular weight is 177 g/mol. The average Bonchev–Trinajstić information content (AvgIpc) is 2.48. The Balaban J connectivity index is 2.51. The number of aromatic nitrogens is 4. The van der Waals surface area contributed by atoms with Gasteiger partial charge in [-0.05, 0) is 0 Å². The lowest BCUT2D eigenvalue weighted by Crippen LogP contribution is -2.18. The first-order chi connectivity index (χ1) is 6.27. The first kappa shape index (κ1) is 7.66. The normalized spacial score (nSPS) is 10.5. The van der Waals surface area contributed by atoms with E-state index in [2.05, 4.69) is 15.0 Å². The molecule has 2 N–H and O–H groups in total. The van der Waals surface area contributed by atoms with Crippen molar-refractivity contribution in [3.63, 3.8) is 0 Å². The van der Waals surface area contributed by atoms with Crippen molar-refractivity contribution in [2.75, 3.05) is 0 Å². The van der Waals surface area contributed by atoms with Gasteiger partial charge in [0.1, 0.15) is 18.4 Å². The van der Waals surface area contributed by atoms with Gasteiger partial charge < -0.3 is 10.3 Å². The molecule has 0 fully saturated rings. The fourth-order valence-electron chi connectivity index (χ4n) is 1.10. The second-order valence-corrected chi connectivity index (χ2v) is 2.57. The van der Waals surface area contributed by atoms with E-state index in [1.165, 1.54) is 12.7 Å². The predicted octanol–water partition coefficient (Wildman–Crippen LogP) is -0.688. The lowest BCUT2D eigenvalue weighted by atomic mass is 10.5. The van der Waals surface area contributed by atoms with Crippen LogP contribution in [0.1, 0.15) is 0 Å². The Morgan fingerprint density at radius 2 is 2.38 bits per heavy atom. The highest BCUT2D eigenvalue weighted by Crippen LogP contribution is 2.05. The van der Waals surface area contributed by atoms with Gasteiger partial charge in [-0.3, -0.25) is 4.79 Å². The van der Waals surface area contributed by atoms with E-state index in [0.29, 0.717) is 11.2 Å². The van der Waals surface area contributed by atoms with Gasteiger partial charge in [-0.1, -0.05) is 0 Å². The molecule has 2 aromatic heterocycles. The minimum atomic E-state index is -0.419. The number of primary amides is 1. The maximum absolute atomic E-state index is 10.6. The molecule has 0 aliphatic rings. The number of fused-ring (bicyclic) bond motifs is 1. The standard InChI is InChI=1S/C7H7N5O/c8-6(13)2-12-4-11-5-1-9-3-10-7(5)12/h1,3-4H,2H2,(H2,8,13).